The Morgan fingerprint density at radius 3 is 2.77 bits per heavy atom. The van der Waals surface area contributed by atoms with Crippen molar-refractivity contribution in [1.82, 2.24) is 19.7 Å². The number of hydrogen-bond donors (Lipinski definition) is 1. The largest absolute Gasteiger partial charge is 0.416 e. The number of benzene rings is 1. The minimum Gasteiger partial charge on any atom is -0.369 e. The van der Waals surface area contributed by atoms with Gasteiger partial charge in [-0.1, -0.05) is 6.07 Å². The number of hydrogen-bond acceptors (Lipinski definition) is 4. The Hall–Kier alpha value is -2.42. The van der Waals surface area contributed by atoms with E-state index in [4.69, 9.17) is 5.73 Å². The predicted molar refractivity (Wildman–Crippen MR) is 88.6 cm³/mol. The van der Waals surface area contributed by atoms with Gasteiger partial charge in [-0.05, 0) is 44.6 Å². The minimum atomic E-state index is -4.45. The van der Waals surface area contributed by atoms with Gasteiger partial charge >= 0.3 is 6.18 Å². The first-order valence-corrected chi connectivity index (χ1v) is 8.35. The highest BCUT2D eigenvalue weighted by molar-refractivity contribution is 5.75. The topological polar surface area (TPSA) is 77.0 Å². The summed E-state index contributed by atoms with van der Waals surface area (Å²) in [4.78, 5) is 17.7. The second-order valence-corrected chi connectivity index (χ2v) is 6.53. The Morgan fingerprint density at radius 2 is 2.15 bits per heavy atom. The summed E-state index contributed by atoms with van der Waals surface area (Å²) in [6.07, 6.45) is -2.01. The molecule has 140 valence electrons. The van der Waals surface area contributed by atoms with E-state index in [1.807, 2.05) is 7.05 Å². The van der Waals surface area contributed by atoms with E-state index in [0.717, 1.165) is 31.5 Å². The monoisotopic (exact) mass is 367 g/mol. The molecule has 2 N–H and O–H groups in total. The van der Waals surface area contributed by atoms with Crippen molar-refractivity contribution in [3.63, 3.8) is 0 Å². The van der Waals surface area contributed by atoms with E-state index < -0.39 is 17.6 Å². The van der Waals surface area contributed by atoms with Gasteiger partial charge in [0.25, 0.3) is 0 Å². The molecule has 0 unspecified atom stereocenters. The number of aromatic nitrogens is 3. The molecule has 3 rings (SSSR count). The number of carbonyl (C=O) groups excluding carboxylic acids is 1. The van der Waals surface area contributed by atoms with Crippen LogP contribution < -0.4 is 5.73 Å². The SMILES string of the molecule is CN1CCC[C@@H]1Cc1nc(CC(N)=O)nn1-c1cccc(C(F)(F)F)c1. The van der Waals surface area contributed by atoms with Crippen LogP contribution in [0.25, 0.3) is 5.69 Å². The van der Waals surface area contributed by atoms with Gasteiger partial charge in [0.15, 0.2) is 5.82 Å². The third kappa shape index (κ3) is 4.04. The van der Waals surface area contributed by atoms with Gasteiger partial charge in [0, 0.05) is 12.5 Å². The van der Waals surface area contributed by atoms with Gasteiger partial charge in [0.05, 0.1) is 17.7 Å². The molecule has 6 nitrogen and oxygen atoms in total. The van der Waals surface area contributed by atoms with Gasteiger partial charge in [-0.3, -0.25) is 4.79 Å². The lowest BCUT2D eigenvalue weighted by Gasteiger charge is -2.19. The lowest BCUT2D eigenvalue weighted by molar-refractivity contribution is -0.137. The molecular weight excluding hydrogens is 347 g/mol. The zero-order valence-electron chi connectivity index (χ0n) is 14.3. The van der Waals surface area contributed by atoms with E-state index in [1.54, 1.807) is 6.07 Å². The summed E-state index contributed by atoms with van der Waals surface area (Å²) in [5.41, 5.74) is 4.71. The number of alkyl halides is 3. The summed E-state index contributed by atoms with van der Waals surface area (Å²) >= 11 is 0. The molecular formula is C17H20F3N5O. The molecule has 9 heteroatoms. The first-order valence-electron chi connectivity index (χ1n) is 8.35. The van der Waals surface area contributed by atoms with Crippen molar-refractivity contribution in [2.75, 3.05) is 13.6 Å². The van der Waals surface area contributed by atoms with Crippen molar-refractivity contribution >= 4 is 5.91 Å². The third-order valence-electron chi connectivity index (χ3n) is 4.56. The fourth-order valence-electron chi connectivity index (χ4n) is 3.22. The summed E-state index contributed by atoms with van der Waals surface area (Å²) in [6.45, 7) is 0.969. The maximum absolute atomic E-state index is 13.0. The highest BCUT2D eigenvalue weighted by Gasteiger charge is 2.31. The number of halogens is 3. The normalized spacial score (nSPS) is 18.4. The molecule has 0 saturated carbocycles. The first-order chi connectivity index (χ1) is 12.2. The zero-order chi connectivity index (χ0) is 18.9. The second kappa shape index (κ2) is 7.06. The predicted octanol–water partition coefficient (Wildman–Crippen LogP) is 1.95. The quantitative estimate of drug-likeness (QED) is 0.876. The zero-order valence-corrected chi connectivity index (χ0v) is 14.3. The standard InChI is InChI=1S/C17H20F3N5O/c1-24-7-3-6-12(24)9-16-22-15(10-14(21)26)23-25(16)13-5-2-4-11(8-13)17(18,19)20/h2,4-5,8,12H,3,6-7,9-10H2,1H3,(H2,21,26)/t12-/m1/s1. The molecule has 1 aliphatic rings. The molecule has 0 aliphatic carbocycles. The molecule has 1 amide bonds. The van der Waals surface area contributed by atoms with Crippen molar-refractivity contribution in [3.8, 4) is 5.69 Å². The van der Waals surface area contributed by atoms with E-state index in [-0.39, 0.29) is 24.0 Å². The Balaban J connectivity index is 1.98. The van der Waals surface area contributed by atoms with Crippen LogP contribution in [-0.2, 0) is 23.8 Å². The fourth-order valence-corrected chi connectivity index (χ4v) is 3.22. The average Bonchev–Trinajstić information content (AvgIpc) is 3.13. The van der Waals surface area contributed by atoms with Crippen LogP contribution in [-0.4, -0.2) is 45.2 Å². The molecule has 1 fully saturated rings. The molecule has 1 saturated heterocycles. The molecule has 1 aliphatic heterocycles. The number of primary amides is 1. The van der Waals surface area contributed by atoms with Crippen LogP contribution in [0.4, 0.5) is 13.2 Å². The van der Waals surface area contributed by atoms with E-state index >= 15 is 0 Å². The van der Waals surface area contributed by atoms with Crippen LogP contribution in [0.1, 0.15) is 30.1 Å². The summed E-state index contributed by atoms with van der Waals surface area (Å²) in [5.74, 6) is 0.153. The number of likely N-dealkylation sites (tertiary alicyclic amines) is 1. The molecule has 2 heterocycles. The van der Waals surface area contributed by atoms with Crippen molar-refractivity contribution in [3.05, 3.63) is 41.5 Å². The number of nitrogens with two attached hydrogens (primary N) is 1. The van der Waals surface area contributed by atoms with Crippen LogP contribution in [0.2, 0.25) is 0 Å². The first kappa shape index (κ1) is 18.4. The Kier molecular flexibility index (Phi) is 4.99. The van der Waals surface area contributed by atoms with E-state index in [2.05, 4.69) is 15.0 Å². The van der Waals surface area contributed by atoms with Crippen molar-refractivity contribution in [2.45, 2.75) is 37.9 Å². The van der Waals surface area contributed by atoms with Crippen molar-refractivity contribution < 1.29 is 18.0 Å². The number of nitrogens with zero attached hydrogens (tertiary/aromatic N) is 4. The number of rotatable bonds is 5. The van der Waals surface area contributed by atoms with Gasteiger partial charge in [0.2, 0.25) is 5.91 Å². The van der Waals surface area contributed by atoms with E-state index in [1.165, 1.54) is 10.7 Å². The smallest absolute Gasteiger partial charge is 0.369 e. The summed E-state index contributed by atoms with van der Waals surface area (Å²) in [7, 11) is 2.01. The minimum absolute atomic E-state index is 0.153. The molecule has 26 heavy (non-hydrogen) atoms. The Morgan fingerprint density at radius 1 is 1.38 bits per heavy atom. The highest BCUT2D eigenvalue weighted by atomic mass is 19.4. The van der Waals surface area contributed by atoms with Gasteiger partial charge < -0.3 is 10.6 Å². The maximum atomic E-state index is 13.0. The third-order valence-corrected chi connectivity index (χ3v) is 4.56. The van der Waals surface area contributed by atoms with Crippen LogP contribution in [0.5, 0.6) is 0 Å². The van der Waals surface area contributed by atoms with Crippen molar-refractivity contribution in [1.29, 1.82) is 0 Å². The van der Waals surface area contributed by atoms with Crippen LogP contribution in [0, 0.1) is 0 Å². The molecule has 0 bridgehead atoms. The molecule has 1 aromatic heterocycles. The van der Waals surface area contributed by atoms with Crippen LogP contribution in [0.15, 0.2) is 24.3 Å². The van der Waals surface area contributed by atoms with Gasteiger partial charge in [-0.25, -0.2) is 9.67 Å². The van der Waals surface area contributed by atoms with Gasteiger partial charge in [0.1, 0.15) is 5.82 Å². The van der Waals surface area contributed by atoms with Crippen molar-refractivity contribution in [2.24, 2.45) is 5.73 Å². The van der Waals surface area contributed by atoms with Crippen LogP contribution >= 0.6 is 0 Å². The molecule has 1 atom stereocenters. The van der Waals surface area contributed by atoms with E-state index in [0.29, 0.717) is 12.2 Å². The summed E-state index contributed by atoms with van der Waals surface area (Å²) in [6, 6.07) is 5.16. The molecule has 2 aromatic rings. The Bertz CT molecular complexity index is 802. The Labute approximate surface area is 148 Å². The second-order valence-electron chi connectivity index (χ2n) is 6.53. The fraction of sp³-hybridized carbons (Fsp3) is 0.471. The molecule has 0 spiro atoms. The number of carbonyl (C=O) groups is 1. The lowest BCUT2D eigenvalue weighted by atomic mass is 10.1. The van der Waals surface area contributed by atoms with Crippen LogP contribution in [0.3, 0.4) is 0 Å². The average molecular weight is 367 g/mol. The highest BCUT2D eigenvalue weighted by Crippen LogP contribution is 2.30. The maximum Gasteiger partial charge on any atom is 0.416 e. The number of amides is 1. The van der Waals surface area contributed by atoms with E-state index in [9.17, 15) is 18.0 Å². The summed E-state index contributed by atoms with van der Waals surface area (Å²) in [5, 5.41) is 4.23. The van der Waals surface area contributed by atoms with Gasteiger partial charge in [-0.15, -0.1) is 0 Å². The molecule has 0 radical (unpaired) electrons. The van der Waals surface area contributed by atoms with Gasteiger partial charge in [-0.2, -0.15) is 18.3 Å². The summed E-state index contributed by atoms with van der Waals surface area (Å²) < 4.78 is 40.5. The molecule has 1 aromatic carbocycles. The number of likely N-dealkylation sites (N-methyl/N-ethyl adjacent to an activating group) is 1. The lowest BCUT2D eigenvalue weighted by Crippen LogP contribution is -2.28.